The van der Waals surface area contributed by atoms with Crippen LogP contribution in [0.3, 0.4) is 0 Å². The molecule has 1 heterocycles. The molecule has 0 bridgehead atoms. The van der Waals surface area contributed by atoms with E-state index >= 15 is 0 Å². The lowest BCUT2D eigenvalue weighted by Crippen LogP contribution is -2.02. The lowest BCUT2D eigenvalue weighted by atomic mass is 10.1. The Morgan fingerprint density at radius 1 is 1.37 bits per heavy atom. The fourth-order valence-corrected chi connectivity index (χ4v) is 1.61. The van der Waals surface area contributed by atoms with Gasteiger partial charge in [0.25, 0.3) is 0 Å². The first kappa shape index (κ1) is 12.9. The molecule has 6 heteroatoms. The molecule has 1 aromatic heterocycles. The van der Waals surface area contributed by atoms with Crippen LogP contribution in [-0.2, 0) is 11.2 Å². The number of benzene rings is 1. The van der Waals surface area contributed by atoms with Crippen LogP contribution < -0.4 is 4.74 Å². The maximum Gasteiger partial charge on any atom is 0.307 e. The number of carboxylic acids is 1. The molecule has 0 unspecified atom stereocenters. The van der Waals surface area contributed by atoms with E-state index in [-0.39, 0.29) is 12.2 Å². The quantitative estimate of drug-likeness (QED) is 0.911. The number of rotatable bonds is 4. The third-order valence-corrected chi connectivity index (χ3v) is 2.46. The average molecular weight is 262 g/mol. The lowest BCUT2D eigenvalue weighted by molar-refractivity contribution is -0.136. The second kappa shape index (κ2) is 5.43. The standard InChI is InChI=1S/C13H11FN2O3/c1-19-11-3-2-9(14)5-10(11)13-15-6-8(7-16-13)4-12(17)18/h2-3,5-7H,4H2,1H3,(H,17,18). The lowest BCUT2D eigenvalue weighted by Gasteiger charge is -2.07. The van der Waals surface area contributed by atoms with E-state index in [1.54, 1.807) is 0 Å². The molecule has 0 saturated heterocycles. The summed E-state index contributed by atoms with van der Waals surface area (Å²) in [6.45, 7) is 0. The molecule has 0 amide bonds. The van der Waals surface area contributed by atoms with Crippen molar-refractivity contribution in [1.29, 1.82) is 0 Å². The van der Waals surface area contributed by atoms with Gasteiger partial charge in [0, 0.05) is 12.4 Å². The Morgan fingerprint density at radius 3 is 2.63 bits per heavy atom. The third-order valence-electron chi connectivity index (χ3n) is 2.46. The zero-order valence-corrected chi connectivity index (χ0v) is 10.1. The molecule has 0 aliphatic rings. The van der Waals surface area contributed by atoms with Crippen LogP contribution in [0.4, 0.5) is 4.39 Å². The van der Waals surface area contributed by atoms with Gasteiger partial charge in [-0.15, -0.1) is 0 Å². The van der Waals surface area contributed by atoms with E-state index in [1.165, 1.54) is 37.7 Å². The summed E-state index contributed by atoms with van der Waals surface area (Å²) < 4.78 is 18.3. The van der Waals surface area contributed by atoms with Gasteiger partial charge in [-0.05, 0) is 23.8 Å². The Morgan fingerprint density at radius 2 is 2.05 bits per heavy atom. The molecule has 2 aromatic rings. The number of aliphatic carboxylic acids is 1. The van der Waals surface area contributed by atoms with Crippen molar-refractivity contribution in [2.75, 3.05) is 7.11 Å². The van der Waals surface area contributed by atoms with Crippen LogP contribution in [0.15, 0.2) is 30.6 Å². The molecule has 2 rings (SSSR count). The highest BCUT2D eigenvalue weighted by Crippen LogP contribution is 2.27. The van der Waals surface area contributed by atoms with E-state index in [0.717, 1.165) is 0 Å². The van der Waals surface area contributed by atoms with Gasteiger partial charge >= 0.3 is 5.97 Å². The van der Waals surface area contributed by atoms with Gasteiger partial charge in [-0.3, -0.25) is 4.79 Å². The van der Waals surface area contributed by atoms with E-state index in [2.05, 4.69) is 9.97 Å². The van der Waals surface area contributed by atoms with E-state index in [4.69, 9.17) is 9.84 Å². The predicted octanol–water partition coefficient (Wildman–Crippen LogP) is 1.92. The fraction of sp³-hybridized carbons (Fsp3) is 0.154. The van der Waals surface area contributed by atoms with Gasteiger partial charge in [0.1, 0.15) is 11.6 Å². The summed E-state index contributed by atoms with van der Waals surface area (Å²) in [6.07, 6.45) is 2.65. The van der Waals surface area contributed by atoms with Crippen molar-refractivity contribution < 1.29 is 19.0 Å². The SMILES string of the molecule is COc1ccc(F)cc1-c1ncc(CC(=O)O)cn1. The number of carboxylic acid groups (broad SMARTS) is 1. The van der Waals surface area contributed by atoms with Crippen LogP contribution in [-0.4, -0.2) is 28.2 Å². The van der Waals surface area contributed by atoms with E-state index in [0.29, 0.717) is 16.9 Å². The molecule has 0 radical (unpaired) electrons. The molecule has 0 fully saturated rings. The van der Waals surface area contributed by atoms with Crippen molar-refractivity contribution >= 4 is 5.97 Å². The van der Waals surface area contributed by atoms with Crippen LogP contribution >= 0.6 is 0 Å². The first-order chi connectivity index (χ1) is 9.10. The normalized spacial score (nSPS) is 10.2. The number of ether oxygens (including phenoxy) is 1. The second-order valence-corrected chi connectivity index (χ2v) is 3.83. The minimum atomic E-state index is -0.959. The number of hydrogen-bond donors (Lipinski definition) is 1. The van der Waals surface area contributed by atoms with Crippen molar-refractivity contribution in [2.24, 2.45) is 0 Å². The van der Waals surface area contributed by atoms with Crippen molar-refractivity contribution in [3.8, 4) is 17.1 Å². The van der Waals surface area contributed by atoms with Crippen LogP contribution in [0.25, 0.3) is 11.4 Å². The molecule has 0 saturated carbocycles. The van der Waals surface area contributed by atoms with Crippen LogP contribution in [0.1, 0.15) is 5.56 Å². The Balaban J connectivity index is 2.36. The van der Waals surface area contributed by atoms with Gasteiger partial charge in [-0.25, -0.2) is 14.4 Å². The molecule has 98 valence electrons. The molecule has 0 aliphatic carbocycles. The number of aromatic nitrogens is 2. The number of carbonyl (C=O) groups is 1. The molecule has 0 spiro atoms. The second-order valence-electron chi connectivity index (χ2n) is 3.83. The van der Waals surface area contributed by atoms with Crippen molar-refractivity contribution in [3.63, 3.8) is 0 Å². The summed E-state index contributed by atoms with van der Waals surface area (Å²) in [5, 5.41) is 8.65. The van der Waals surface area contributed by atoms with Gasteiger partial charge in [0.05, 0.1) is 19.1 Å². The summed E-state index contributed by atoms with van der Waals surface area (Å²) in [5.74, 6) is -0.647. The molecule has 5 nitrogen and oxygen atoms in total. The highest BCUT2D eigenvalue weighted by molar-refractivity contribution is 5.70. The average Bonchev–Trinajstić information content (AvgIpc) is 2.39. The number of halogens is 1. The number of methoxy groups -OCH3 is 1. The molecule has 19 heavy (non-hydrogen) atoms. The number of hydrogen-bond acceptors (Lipinski definition) is 4. The number of nitrogens with zero attached hydrogens (tertiary/aromatic N) is 2. The van der Waals surface area contributed by atoms with Gasteiger partial charge < -0.3 is 9.84 Å². The minimum Gasteiger partial charge on any atom is -0.496 e. The Labute approximate surface area is 108 Å². The molecule has 1 N–H and O–H groups in total. The smallest absolute Gasteiger partial charge is 0.307 e. The summed E-state index contributed by atoms with van der Waals surface area (Å²) in [7, 11) is 1.47. The summed E-state index contributed by atoms with van der Waals surface area (Å²) in [4.78, 5) is 18.6. The first-order valence-electron chi connectivity index (χ1n) is 5.47. The Kier molecular flexibility index (Phi) is 3.70. The minimum absolute atomic E-state index is 0.152. The summed E-state index contributed by atoms with van der Waals surface area (Å²) in [5.41, 5.74) is 0.899. The van der Waals surface area contributed by atoms with Gasteiger partial charge in [-0.2, -0.15) is 0 Å². The summed E-state index contributed by atoms with van der Waals surface area (Å²) in [6, 6.07) is 4.03. The van der Waals surface area contributed by atoms with Crippen LogP contribution in [0.5, 0.6) is 5.75 Å². The van der Waals surface area contributed by atoms with E-state index < -0.39 is 11.8 Å². The molecular weight excluding hydrogens is 251 g/mol. The van der Waals surface area contributed by atoms with Gasteiger partial charge in [-0.1, -0.05) is 0 Å². The van der Waals surface area contributed by atoms with E-state index in [1.807, 2.05) is 0 Å². The van der Waals surface area contributed by atoms with Crippen molar-refractivity contribution in [2.45, 2.75) is 6.42 Å². The topological polar surface area (TPSA) is 72.3 Å². The maximum absolute atomic E-state index is 13.2. The molecular formula is C13H11FN2O3. The van der Waals surface area contributed by atoms with Crippen LogP contribution in [0, 0.1) is 5.82 Å². The Bertz CT molecular complexity index is 599. The largest absolute Gasteiger partial charge is 0.496 e. The zero-order valence-electron chi connectivity index (χ0n) is 10.1. The summed E-state index contributed by atoms with van der Waals surface area (Å²) >= 11 is 0. The van der Waals surface area contributed by atoms with Crippen molar-refractivity contribution in [1.82, 2.24) is 9.97 Å². The van der Waals surface area contributed by atoms with E-state index in [9.17, 15) is 9.18 Å². The predicted molar refractivity (Wildman–Crippen MR) is 65.3 cm³/mol. The van der Waals surface area contributed by atoms with Gasteiger partial charge in [0.15, 0.2) is 5.82 Å². The maximum atomic E-state index is 13.2. The monoisotopic (exact) mass is 262 g/mol. The highest BCUT2D eigenvalue weighted by atomic mass is 19.1. The first-order valence-corrected chi connectivity index (χ1v) is 5.47. The van der Waals surface area contributed by atoms with Crippen molar-refractivity contribution in [3.05, 3.63) is 42.0 Å². The van der Waals surface area contributed by atoms with Crippen LogP contribution in [0.2, 0.25) is 0 Å². The highest BCUT2D eigenvalue weighted by Gasteiger charge is 2.10. The van der Waals surface area contributed by atoms with Gasteiger partial charge in [0.2, 0.25) is 0 Å². The molecule has 1 aromatic carbocycles. The fourth-order valence-electron chi connectivity index (χ4n) is 1.61. The zero-order chi connectivity index (χ0) is 13.8. The molecule has 0 atom stereocenters. The molecule has 0 aliphatic heterocycles. The Hall–Kier alpha value is -2.50. The third kappa shape index (κ3) is 3.04.